The Kier molecular flexibility index (Phi) is 4.55. The van der Waals surface area contributed by atoms with Crippen LogP contribution in [0.1, 0.15) is 11.1 Å². The fourth-order valence-corrected chi connectivity index (χ4v) is 2.06. The van der Waals surface area contributed by atoms with Gasteiger partial charge in [0.2, 0.25) is 5.91 Å². The van der Waals surface area contributed by atoms with Gasteiger partial charge in [-0.25, -0.2) is 0 Å². The highest BCUT2D eigenvalue weighted by Gasteiger charge is 2.07. The van der Waals surface area contributed by atoms with Gasteiger partial charge in [0, 0.05) is 17.3 Å². The van der Waals surface area contributed by atoms with E-state index >= 15 is 0 Å². The molecular formula is C15H15ClN2O. The summed E-state index contributed by atoms with van der Waals surface area (Å²) in [7, 11) is 0. The zero-order valence-electron chi connectivity index (χ0n) is 10.4. The fraction of sp³-hybridized carbons (Fsp3) is 0.133. The lowest BCUT2D eigenvalue weighted by Crippen LogP contribution is -2.16. The molecule has 3 N–H and O–H groups in total. The maximum absolute atomic E-state index is 12.0. The Bertz CT molecular complexity index is 584. The average Bonchev–Trinajstić information content (AvgIpc) is 2.39. The molecule has 2 rings (SSSR count). The summed E-state index contributed by atoms with van der Waals surface area (Å²) in [6.07, 6.45) is 0.291. The highest BCUT2D eigenvalue weighted by molar-refractivity contribution is 6.30. The van der Waals surface area contributed by atoms with E-state index in [4.69, 9.17) is 17.3 Å². The molecule has 0 unspecified atom stereocenters. The number of anilines is 1. The number of benzene rings is 2. The molecule has 0 aliphatic rings. The molecular weight excluding hydrogens is 260 g/mol. The van der Waals surface area contributed by atoms with E-state index < -0.39 is 0 Å². The number of halogens is 1. The van der Waals surface area contributed by atoms with Crippen LogP contribution in [-0.4, -0.2) is 5.91 Å². The molecule has 0 aromatic heterocycles. The largest absolute Gasteiger partial charge is 0.326 e. The van der Waals surface area contributed by atoms with Crippen molar-refractivity contribution in [2.45, 2.75) is 13.0 Å². The van der Waals surface area contributed by atoms with Gasteiger partial charge in [0.05, 0.1) is 6.42 Å². The molecule has 0 aliphatic carbocycles. The van der Waals surface area contributed by atoms with Crippen LogP contribution in [0.5, 0.6) is 0 Å². The van der Waals surface area contributed by atoms with Crippen molar-refractivity contribution in [3.05, 3.63) is 64.7 Å². The molecule has 98 valence electrons. The topological polar surface area (TPSA) is 55.1 Å². The molecule has 1 amide bonds. The second-order valence-electron chi connectivity index (χ2n) is 4.22. The zero-order valence-corrected chi connectivity index (χ0v) is 11.2. The summed E-state index contributed by atoms with van der Waals surface area (Å²) < 4.78 is 0. The van der Waals surface area contributed by atoms with Crippen LogP contribution in [0.4, 0.5) is 5.69 Å². The van der Waals surface area contributed by atoms with Crippen LogP contribution in [0, 0.1) is 0 Å². The Morgan fingerprint density at radius 3 is 2.68 bits per heavy atom. The Balaban J connectivity index is 2.05. The number of para-hydroxylation sites is 1. The summed E-state index contributed by atoms with van der Waals surface area (Å²) in [6.45, 7) is 0.396. The lowest BCUT2D eigenvalue weighted by Gasteiger charge is -2.09. The molecule has 4 heteroatoms. The third kappa shape index (κ3) is 3.81. The van der Waals surface area contributed by atoms with Gasteiger partial charge in [0.25, 0.3) is 0 Å². The molecule has 3 nitrogen and oxygen atoms in total. The maximum atomic E-state index is 12.0. The molecule has 2 aromatic carbocycles. The van der Waals surface area contributed by atoms with Gasteiger partial charge in [-0.05, 0) is 29.3 Å². The van der Waals surface area contributed by atoms with Gasteiger partial charge in [-0.1, -0.05) is 41.9 Å². The Hall–Kier alpha value is -1.84. The third-order valence-corrected chi connectivity index (χ3v) is 3.00. The van der Waals surface area contributed by atoms with E-state index in [9.17, 15) is 4.79 Å². The number of nitrogens with one attached hydrogen (secondary N) is 1. The van der Waals surface area contributed by atoms with Crippen molar-refractivity contribution < 1.29 is 4.79 Å². The van der Waals surface area contributed by atoms with Crippen LogP contribution >= 0.6 is 11.6 Å². The number of hydrogen-bond donors (Lipinski definition) is 2. The minimum Gasteiger partial charge on any atom is -0.326 e. The molecule has 0 spiro atoms. The van der Waals surface area contributed by atoms with Gasteiger partial charge in [0.1, 0.15) is 0 Å². The van der Waals surface area contributed by atoms with Gasteiger partial charge < -0.3 is 11.1 Å². The summed E-state index contributed by atoms with van der Waals surface area (Å²) >= 11 is 5.89. The van der Waals surface area contributed by atoms with E-state index in [-0.39, 0.29) is 5.91 Å². The predicted molar refractivity (Wildman–Crippen MR) is 78.1 cm³/mol. The SMILES string of the molecule is NCc1ccccc1NC(=O)Cc1cccc(Cl)c1. The van der Waals surface area contributed by atoms with Crippen LogP contribution in [0.2, 0.25) is 5.02 Å². The molecule has 0 aliphatic heterocycles. The third-order valence-electron chi connectivity index (χ3n) is 2.77. The zero-order chi connectivity index (χ0) is 13.7. The molecule has 0 saturated heterocycles. The van der Waals surface area contributed by atoms with Crippen molar-refractivity contribution >= 4 is 23.2 Å². The summed E-state index contributed by atoms with van der Waals surface area (Å²) in [6, 6.07) is 14.8. The predicted octanol–water partition coefficient (Wildman–Crippen LogP) is 2.98. The lowest BCUT2D eigenvalue weighted by atomic mass is 10.1. The van der Waals surface area contributed by atoms with Gasteiger partial charge >= 0.3 is 0 Å². The van der Waals surface area contributed by atoms with Crippen LogP contribution in [0.3, 0.4) is 0 Å². The molecule has 2 aromatic rings. The van der Waals surface area contributed by atoms with Crippen LogP contribution < -0.4 is 11.1 Å². The molecule has 19 heavy (non-hydrogen) atoms. The normalized spacial score (nSPS) is 10.2. The van der Waals surface area contributed by atoms with Gasteiger partial charge in [-0.15, -0.1) is 0 Å². The standard InChI is InChI=1S/C15H15ClN2O/c16-13-6-3-4-11(8-13)9-15(19)18-14-7-2-1-5-12(14)10-17/h1-8H,9-10,17H2,(H,18,19). The summed E-state index contributed by atoms with van der Waals surface area (Å²) in [4.78, 5) is 12.0. The van der Waals surface area contributed by atoms with E-state index in [1.54, 1.807) is 12.1 Å². The van der Waals surface area contributed by atoms with Gasteiger partial charge in [0.15, 0.2) is 0 Å². The fourth-order valence-electron chi connectivity index (χ4n) is 1.85. The van der Waals surface area contributed by atoms with Gasteiger partial charge in [-0.2, -0.15) is 0 Å². The number of carbonyl (C=O) groups is 1. The number of carbonyl (C=O) groups excluding carboxylic acids is 1. The maximum Gasteiger partial charge on any atom is 0.228 e. The summed E-state index contributed by atoms with van der Waals surface area (Å²) in [5, 5.41) is 3.50. The van der Waals surface area contributed by atoms with Crippen LogP contribution in [-0.2, 0) is 17.8 Å². The first kappa shape index (κ1) is 13.6. The number of hydrogen-bond acceptors (Lipinski definition) is 2. The molecule has 0 heterocycles. The first-order chi connectivity index (χ1) is 9.19. The van der Waals surface area contributed by atoms with Crippen molar-refractivity contribution in [2.24, 2.45) is 5.73 Å². The first-order valence-electron chi connectivity index (χ1n) is 6.01. The highest BCUT2D eigenvalue weighted by Crippen LogP contribution is 2.15. The smallest absolute Gasteiger partial charge is 0.228 e. The molecule has 0 bridgehead atoms. The Labute approximate surface area is 117 Å². The summed E-state index contributed by atoms with van der Waals surface area (Å²) in [5.41, 5.74) is 8.19. The van der Waals surface area contributed by atoms with Crippen LogP contribution in [0.25, 0.3) is 0 Å². The number of rotatable bonds is 4. The van der Waals surface area contributed by atoms with Crippen molar-refractivity contribution in [3.8, 4) is 0 Å². The summed E-state index contributed by atoms with van der Waals surface area (Å²) in [5.74, 6) is -0.0804. The molecule has 0 fully saturated rings. The molecule has 0 radical (unpaired) electrons. The second-order valence-corrected chi connectivity index (χ2v) is 4.65. The lowest BCUT2D eigenvalue weighted by molar-refractivity contribution is -0.115. The highest BCUT2D eigenvalue weighted by atomic mass is 35.5. The minimum atomic E-state index is -0.0804. The monoisotopic (exact) mass is 274 g/mol. The number of nitrogens with two attached hydrogens (primary N) is 1. The van der Waals surface area contributed by atoms with Crippen molar-refractivity contribution in [1.29, 1.82) is 0 Å². The van der Waals surface area contributed by atoms with Crippen molar-refractivity contribution in [2.75, 3.05) is 5.32 Å². The van der Waals surface area contributed by atoms with E-state index in [0.29, 0.717) is 18.0 Å². The first-order valence-corrected chi connectivity index (χ1v) is 6.39. The Morgan fingerprint density at radius 1 is 1.16 bits per heavy atom. The van der Waals surface area contributed by atoms with E-state index in [2.05, 4.69) is 5.32 Å². The van der Waals surface area contributed by atoms with E-state index in [1.165, 1.54) is 0 Å². The number of amides is 1. The quantitative estimate of drug-likeness (QED) is 0.901. The van der Waals surface area contributed by atoms with E-state index in [0.717, 1.165) is 16.8 Å². The van der Waals surface area contributed by atoms with E-state index in [1.807, 2.05) is 36.4 Å². The van der Waals surface area contributed by atoms with Gasteiger partial charge in [-0.3, -0.25) is 4.79 Å². The molecule has 0 saturated carbocycles. The average molecular weight is 275 g/mol. The minimum absolute atomic E-state index is 0.0804. The van der Waals surface area contributed by atoms with Crippen molar-refractivity contribution in [3.63, 3.8) is 0 Å². The van der Waals surface area contributed by atoms with Crippen LogP contribution in [0.15, 0.2) is 48.5 Å². The van der Waals surface area contributed by atoms with Crippen molar-refractivity contribution in [1.82, 2.24) is 0 Å². The molecule has 0 atom stereocenters. The Morgan fingerprint density at radius 2 is 1.95 bits per heavy atom. The second kappa shape index (κ2) is 6.36.